The van der Waals surface area contributed by atoms with Gasteiger partial charge in [0.15, 0.2) is 0 Å². The molecule has 2 amide bonds. The van der Waals surface area contributed by atoms with E-state index in [1.54, 1.807) is 12.1 Å². The quantitative estimate of drug-likeness (QED) is 0.803. The number of rotatable bonds is 6. The first-order valence-corrected chi connectivity index (χ1v) is 6.68. The molecule has 0 saturated heterocycles. The lowest BCUT2D eigenvalue weighted by molar-refractivity contribution is 0.236. The summed E-state index contributed by atoms with van der Waals surface area (Å²) in [4.78, 5) is 11.5. The Bertz CT molecular complexity index is 558. The van der Waals surface area contributed by atoms with Crippen molar-refractivity contribution in [2.45, 2.75) is 6.54 Å². The Morgan fingerprint density at radius 3 is 2.43 bits per heavy atom. The fraction of sp³-hybridized carbons (Fsp3) is 0.188. The second-order valence-corrected chi connectivity index (χ2v) is 4.40. The van der Waals surface area contributed by atoms with Crippen LogP contribution in [0, 0.1) is 5.82 Å². The first kappa shape index (κ1) is 14.8. The molecule has 0 bridgehead atoms. The smallest absolute Gasteiger partial charge is 0.315 e. The summed E-state index contributed by atoms with van der Waals surface area (Å²) in [6.45, 7) is 1.17. The van der Waals surface area contributed by atoms with Gasteiger partial charge in [0, 0.05) is 6.54 Å². The van der Waals surface area contributed by atoms with Crippen LogP contribution in [0.25, 0.3) is 0 Å². The maximum atomic E-state index is 12.7. The van der Waals surface area contributed by atoms with Crippen molar-refractivity contribution in [2.24, 2.45) is 0 Å². The highest BCUT2D eigenvalue weighted by Gasteiger charge is 2.00. The van der Waals surface area contributed by atoms with E-state index in [9.17, 15) is 9.18 Å². The molecule has 4 nitrogen and oxygen atoms in total. The van der Waals surface area contributed by atoms with E-state index in [4.69, 9.17) is 4.74 Å². The van der Waals surface area contributed by atoms with E-state index in [0.29, 0.717) is 25.4 Å². The first-order chi connectivity index (χ1) is 10.2. The predicted octanol–water partition coefficient (Wildman–Crippen LogP) is 2.70. The van der Waals surface area contributed by atoms with Crippen LogP contribution in [0.2, 0.25) is 0 Å². The average molecular weight is 288 g/mol. The lowest BCUT2D eigenvalue weighted by atomic mass is 10.2. The van der Waals surface area contributed by atoms with E-state index >= 15 is 0 Å². The van der Waals surface area contributed by atoms with Gasteiger partial charge >= 0.3 is 6.03 Å². The third kappa shape index (κ3) is 5.52. The molecule has 0 aliphatic heterocycles. The van der Waals surface area contributed by atoms with Crippen LogP contribution in [0.3, 0.4) is 0 Å². The minimum atomic E-state index is -0.305. The Morgan fingerprint density at radius 2 is 1.71 bits per heavy atom. The van der Waals surface area contributed by atoms with Gasteiger partial charge in [-0.3, -0.25) is 0 Å². The lowest BCUT2D eigenvalue weighted by Crippen LogP contribution is -2.37. The van der Waals surface area contributed by atoms with E-state index in [-0.39, 0.29) is 11.8 Å². The van der Waals surface area contributed by atoms with Crippen molar-refractivity contribution in [1.29, 1.82) is 0 Å². The van der Waals surface area contributed by atoms with Gasteiger partial charge in [0.1, 0.15) is 18.2 Å². The maximum Gasteiger partial charge on any atom is 0.315 e. The van der Waals surface area contributed by atoms with Crippen molar-refractivity contribution in [3.05, 3.63) is 66.0 Å². The molecule has 2 aromatic carbocycles. The van der Waals surface area contributed by atoms with E-state index in [1.165, 1.54) is 12.1 Å². The molecule has 0 atom stereocenters. The lowest BCUT2D eigenvalue weighted by Gasteiger charge is -2.09. The molecule has 5 heteroatoms. The molecule has 0 aromatic heterocycles. The molecule has 2 N–H and O–H groups in total. The van der Waals surface area contributed by atoms with Crippen molar-refractivity contribution < 1.29 is 13.9 Å². The average Bonchev–Trinajstić information content (AvgIpc) is 2.52. The monoisotopic (exact) mass is 288 g/mol. The summed E-state index contributed by atoms with van der Waals surface area (Å²) in [5.41, 5.74) is 1.04. The van der Waals surface area contributed by atoms with Gasteiger partial charge in [-0.15, -0.1) is 0 Å². The van der Waals surface area contributed by atoms with Crippen LogP contribution in [-0.2, 0) is 6.54 Å². The van der Waals surface area contributed by atoms with Gasteiger partial charge in [-0.25, -0.2) is 9.18 Å². The fourth-order valence-electron chi connectivity index (χ4n) is 1.70. The van der Waals surface area contributed by atoms with Crippen LogP contribution < -0.4 is 15.4 Å². The number of hydrogen-bond acceptors (Lipinski definition) is 2. The number of carbonyl (C=O) groups excluding carboxylic acids is 1. The predicted molar refractivity (Wildman–Crippen MR) is 78.6 cm³/mol. The van der Waals surface area contributed by atoms with Crippen LogP contribution >= 0.6 is 0 Å². The molecule has 0 heterocycles. The van der Waals surface area contributed by atoms with Crippen molar-refractivity contribution in [3.63, 3.8) is 0 Å². The standard InChI is InChI=1S/C16H17FN2O2/c17-14-6-8-15(9-7-14)21-11-10-18-16(20)19-12-13-4-2-1-3-5-13/h1-9H,10-12H2,(H2,18,19,20). The normalized spacial score (nSPS) is 9.95. The Kier molecular flexibility index (Phi) is 5.58. The van der Waals surface area contributed by atoms with Crippen LogP contribution in [0.4, 0.5) is 9.18 Å². The number of carbonyl (C=O) groups is 1. The molecule has 0 aliphatic rings. The number of benzene rings is 2. The number of urea groups is 1. The third-order valence-electron chi connectivity index (χ3n) is 2.77. The number of nitrogens with one attached hydrogen (secondary N) is 2. The van der Waals surface area contributed by atoms with Gasteiger partial charge < -0.3 is 15.4 Å². The third-order valence-corrected chi connectivity index (χ3v) is 2.77. The Labute approximate surface area is 122 Å². The van der Waals surface area contributed by atoms with Crippen molar-refractivity contribution in [3.8, 4) is 5.75 Å². The first-order valence-electron chi connectivity index (χ1n) is 6.68. The summed E-state index contributed by atoms with van der Waals surface area (Å²) >= 11 is 0. The van der Waals surface area contributed by atoms with Crippen LogP contribution in [0.1, 0.15) is 5.56 Å². The zero-order valence-corrected chi connectivity index (χ0v) is 11.5. The molecular formula is C16H17FN2O2. The highest BCUT2D eigenvalue weighted by molar-refractivity contribution is 5.73. The number of halogens is 1. The molecule has 0 fully saturated rings. The number of ether oxygens (including phenoxy) is 1. The van der Waals surface area contributed by atoms with Gasteiger partial charge in [0.2, 0.25) is 0 Å². The molecule has 0 radical (unpaired) electrons. The Balaban J connectivity index is 1.60. The summed E-state index contributed by atoms with van der Waals surface area (Å²) in [6.07, 6.45) is 0. The molecule has 2 rings (SSSR count). The fourth-order valence-corrected chi connectivity index (χ4v) is 1.70. The Morgan fingerprint density at radius 1 is 1.00 bits per heavy atom. The molecule has 0 unspecified atom stereocenters. The Hall–Kier alpha value is -2.56. The van der Waals surface area contributed by atoms with E-state index < -0.39 is 0 Å². The molecular weight excluding hydrogens is 271 g/mol. The SMILES string of the molecule is O=C(NCCOc1ccc(F)cc1)NCc1ccccc1. The molecule has 110 valence electrons. The van der Waals surface area contributed by atoms with Gasteiger partial charge in [0.25, 0.3) is 0 Å². The van der Waals surface area contributed by atoms with Crippen LogP contribution in [0.15, 0.2) is 54.6 Å². The highest BCUT2D eigenvalue weighted by Crippen LogP contribution is 2.10. The van der Waals surface area contributed by atoms with Crippen molar-refractivity contribution >= 4 is 6.03 Å². The number of amides is 2. The molecule has 21 heavy (non-hydrogen) atoms. The van der Waals surface area contributed by atoms with Crippen LogP contribution in [0.5, 0.6) is 5.75 Å². The van der Waals surface area contributed by atoms with Gasteiger partial charge in [0.05, 0.1) is 6.54 Å². The second-order valence-electron chi connectivity index (χ2n) is 4.40. The second kappa shape index (κ2) is 7.89. The summed E-state index contributed by atoms with van der Waals surface area (Å²) in [6, 6.07) is 15.2. The van der Waals surface area contributed by atoms with Gasteiger partial charge in [-0.1, -0.05) is 30.3 Å². The molecule has 0 aliphatic carbocycles. The molecule has 0 spiro atoms. The van der Waals surface area contributed by atoms with Crippen molar-refractivity contribution in [2.75, 3.05) is 13.2 Å². The van der Waals surface area contributed by atoms with E-state index in [1.807, 2.05) is 30.3 Å². The minimum absolute atomic E-state index is 0.249. The van der Waals surface area contributed by atoms with E-state index in [2.05, 4.69) is 10.6 Å². The molecule has 2 aromatic rings. The summed E-state index contributed by atoms with van der Waals surface area (Å²) in [5, 5.41) is 5.44. The molecule has 0 saturated carbocycles. The van der Waals surface area contributed by atoms with Crippen molar-refractivity contribution in [1.82, 2.24) is 10.6 Å². The van der Waals surface area contributed by atoms with Crippen LogP contribution in [-0.4, -0.2) is 19.2 Å². The zero-order valence-electron chi connectivity index (χ0n) is 11.5. The summed E-state index contributed by atoms with van der Waals surface area (Å²) < 4.78 is 18.0. The maximum absolute atomic E-state index is 12.7. The minimum Gasteiger partial charge on any atom is -0.492 e. The highest BCUT2D eigenvalue weighted by atomic mass is 19.1. The number of hydrogen-bond donors (Lipinski definition) is 2. The summed E-state index contributed by atoms with van der Waals surface area (Å²) in [5.74, 6) is 0.267. The topological polar surface area (TPSA) is 50.4 Å². The zero-order chi connectivity index (χ0) is 14.9. The van der Waals surface area contributed by atoms with Gasteiger partial charge in [-0.2, -0.15) is 0 Å². The van der Waals surface area contributed by atoms with Gasteiger partial charge in [-0.05, 0) is 29.8 Å². The summed E-state index contributed by atoms with van der Waals surface area (Å²) in [7, 11) is 0. The largest absolute Gasteiger partial charge is 0.492 e. The van der Waals surface area contributed by atoms with E-state index in [0.717, 1.165) is 5.56 Å².